The van der Waals surface area contributed by atoms with Gasteiger partial charge in [-0.1, -0.05) is 0 Å². The van der Waals surface area contributed by atoms with E-state index in [4.69, 9.17) is 5.73 Å². The molecule has 7 nitrogen and oxygen atoms in total. The predicted octanol–water partition coefficient (Wildman–Crippen LogP) is 3.49. The lowest BCUT2D eigenvalue weighted by molar-refractivity contribution is -0.113. The number of thioether (sulfide) groups is 1. The highest BCUT2D eigenvalue weighted by molar-refractivity contribution is 7.99. The first kappa shape index (κ1) is 20.4. The fourth-order valence-corrected chi connectivity index (χ4v) is 2.90. The summed E-state index contributed by atoms with van der Waals surface area (Å²) in [4.78, 5) is 24.1. The van der Waals surface area contributed by atoms with E-state index in [1.165, 1.54) is 42.1 Å². The first-order valence-electron chi connectivity index (χ1n) is 8.25. The third-order valence-corrected chi connectivity index (χ3v) is 4.40. The Bertz CT molecular complexity index is 1020. The second kappa shape index (κ2) is 9.24. The summed E-state index contributed by atoms with van der Waals surface area (Å²) in [6.07, 6.45) is 0. The topological polar surface area (TPSA) is 106 Å². The third-order valence-electron chi connectivity index (χ3n) is 3.47. The van der Waals surface area contributed by atoms with Crippen LogP contribution >= 0.6 is 11.8 Å². The molecule has 29 heavy (non-hydrogen) atoms. The van der Waals surface area contributed by atoms with Crippen molar-refractivity contribution in [3.8, 4) is 0 Å². The summed E-state index contributed by atoms with van der Waals surface area (Å²) in [6, 6.07) is 8.71. The molecule has 0 bridgehead atoms. The van der Waals surface area contributed by atoms with E-state index in [2.05, 4.69) is 25.6 Å². The number of carbonyl (C=O) groups excluding carboxylic acids is 1. The molecule has 0 radical (unpaired) electrons. The molecule has 4 N–H and O–H groups in total. The standard InChI is InChI=1S/C18H15F3N6OS/c19-10-1-3-11(4-2-10)24-18-26-15(25-17(22)27-18)8-29-9-16(28)23-12-5-6-13(20)14(21)7-12/h1-7H,8-9H2,(H,23,28)(H3,22,24,25,26,27). The summed E-state index contributed by atoms with van der Waals surface area (Å²) < 4.78 is 39.0. The zero-order chi connectivity index (χ0) is 20.8. The molecule has 1 heterocycles. The van der Waals surface area contributed by atoms with Gasteiger partial charge in [0.15, 0.2) is 11.6 Å². The number of hydrogen-bond acceptors (Lipinski definition) is 7. The van der Waals surface area contributed by atoms with Crippen LogP contribution < -0.4 is 16.4 Å². The van der Waals surface area contributed by atoms with Crippen LogP contribution in [0.4, 0.5) is 36.4 Å². The van der Waals surface area contributed by atoms with E-state index in [0.717, 1.165) is 12.1 Å². The van der Waals surface area contributed by atoms with E-state index in [-0.39, 0.29) is 34.9 Å². The van der Waals surface area contributed by atoms with Gasteiger partial charge in [0.25, 0.3) is 0 Å². The molecule has 0 atom stereocenters. The van der Waals surface area contributed by atoms with Crippen LogP contribution in [0.3, 0.4) is 0 Å². The van der Waals surface area contributed by atoms with Gasteiger partial charge in [-0.3, -0.25) is 4.79 Å². The average Bonchev–Trinajstić information content (AvgIpc) is 2.66. The van der Waals surface area contributed by atoms with Gasteiger partial charge < -0.3 is 16.4 Å². The molecule has 0 aliphatic heterocycles. The Labute approximate surface area is 168 Å². The summed E-state index contributed by atoms with van der Waals surface area (Å²) in [6.45, 7) is 0. The van der Waals surface area contributed by atoms with Crippen LogP contribution in [0.5, 0.6) is 0 Å². The smallest absolute Gasteiger partial charge is 0.234 e. The van der Waals surface area contributed by atoms with E-state index in [0.29, 0.717) is 11.5 Å². The minimum atomic E-state index is -1.04. The maximum Gasteiger partial charge on any atom is 0.234 e. The highest BCUT2D eigenvalue weighted by Gasteiger charge is 2.09. The van der Waals surface area contributed by atoms with Gasteiger partial charge in [-0.05, 0) is 36.4 Å². The lowest BCUT2D eigenvalue weighted by Crippen LogP contribution is -2.15. The number of carbonyl (C=O) groups is 1. The predicted molar refractivity (Wildman–Crippen MR) is 105 cm³/mol. The Morgan fingerprint density at radius 2 is 1.69 bits per heavy atom. The number of hydrogen-bond donors (Lipinski definition) is 3. The van der Waals surface area contributed by atoms with Crippen LogP contribution in [0.2, 0.25) is 0 Å². The largest absolute Gasteiger partial charge is 0.368 e. The van der Waals surface area contributed by atoms with Crippen molar-refractivity contribution in [2.75, 3.05) is 22.1 Å². The summed E-state index contributed by atoms with van der Waals surface area (Å²) in [5.41, 5.74) is 6.41. The molecular formula is C18H15F3N6OS. The van der Waals surface area contributed by atoms with Gasteiger partial charge in [-0.25, -0.2) is 13.2 Å². The van der Waals surface area contributed by atoms with Crippen LogP contribution in [0.1, 0.15) is 5.82 Å². The molecule has 2 aromatic carbocycles. The minimum Gasteiger partial charge on any atom is -0.368 e. The second-order valence-electron chi connectivity index (χ2n) is 5.74. The number of aromatic nitrogens is 3. The number of benzene rings is 2. The maximum absolute atomic E-state index is 13.2. The number of nitrogens with one attached hydrogen (secondary N) is 2. The molecule has 0 fully saturated rings. The fourth-order valence-electron chi connectivity index (χ4n) is 2.23. The van der Waals surface area contributed by atoms with Gasteiger partial charge in [-0.2, -0.15) is 15.0 Å². The van der Waals surface area contributed by atoms with Gasteiger partial charge in [-0.15, -0.1) is 11.8 Å². The van der Waals surface area contributed by atoms with Crippen molar-refractivity contribution in [1.29, 1.82) is 0 Å². The molecule has 0 saturated carbocycles. The van der Waals surface area contributed by atoms with E-state index in [1.54, 1.807) is 0 Å². The molecular weight excluding hydrogens is 405 g/mol. The molecule has 0 saturated heterocycles. The van der Waals surface area contributed by atoms with Crippen LogP contribution in [0, 0.1) is 17.5 Å². The fraction of sp³-hybridized carbons (Fsp3) is 0.111. The molecule has 0 aliphatic rings. The van der Waals surface area contributed by atoms with Crippen molar-refractivity contribution in [1.82, 2.24) is 15.0 Å². The molecule has 150 valence electrons. The van der Waals surface area contributed by atoms with Crippen molar-refractivity contribution in [2.45, 2.75) is 5.75 Å². The summed E-state index contributed by atoms with van der Waals surface area (Å²) in [7, 11) is 0. The molecule has 3 aromatic rings. The first-order valence-corrected chi connectivity index (χ1v) is 9.40. The SMILES string of the molecule is Nc1nc(CSCC(=O)Nc2ccc(F)c(F)c2)nc(Nc2ccc(F)cc2)n1. The molecule has 11 heteroatoms. The van der Waals surface area contributed by atoms with E-state index in [9.17, 15) is 18.0 Å². The number of nitrogens with two attached hydrogens (primary N) is 1. The van der Waals surface area contributed by atoms with Crippen LogP contribution in [-0.2, 0) is 10.5 Å². The highest BCUT2D eigenvalue weighted by atomic mass is 32.2. The van der Waals surface area contributed by atoms with E-state index in [1.807, 2.05) is 0 Å². The number of amides is 1. The molecule has 3 rings (SSSR count). The van der Waals surface area contributed by atoms with Crippen LogP contribution in [0.25, 0.3) is 0 Å². The van der Waals surface area contributed by atoms with Gasteiger partial charge >= 0.3 is 0 Å². The van der Waals surface area contributed by atoms with Crippen molar-refractivity contribution in [2.24, 2.45) is 0 Å². The quantitative estimate of drug-likeness (QED) is 0.537. The summed E-state index contributed by atoms with van der Waals surface area (Å²) in [5.74, 6) is -1.99. The molecule has 0 spiro atoms. The monoisotopic (exact) mass is 420 g/mol. The number of halogens is 3. The Hall–Kier alpha value is -3.34. The summed E-state index contributed by atoms with van der Waals surface area (Å²) in [5, 5.41) is 5.36. The Morgan fingerprint density at radius 1 is 0.966 bits per heavy atom. The lowest BCUT2D eigenvalue weighted by atomic mass is 10.3. The Kier molecular flexibility index (Phi) is 6.50. The van der Waals surface area contributed by atoms with E-state index < -0.39 is 17.5 Å². The molecule has 0 unspecified atom stereocenters. The number of nitrogens with zero attached hydrogens (tertiary/aromatic N) is 3. The van der Waals surface area contributed by atoms with Crippen LogP contribution in [0.15, 0.2) is 42.5 Å². The van der Waals surface area contributed by atoms with Crippen LogP contribution in [-0.4, -0.2) is 26.6 Å². The maximum atomic E-state index is 13.2. The van der Waals surface area contributed by atoms with Gasteiger partial charge in [0, 0.05) is 17.4 Å². The Morgan fingerprint density at radius 3 is 2.41 bits per heavy atom. The van der Waals surface area contributed by atoms with Crippen molar-refractivity contribution < 1.29 is 18.0 Å². The number of nitrogen functional groups attached to an aromatic ring is 1. The van der Waals surface area contributed by atoms with Crippen molar-refractivity contribution >= 4 is 40.9 Å². The van der Waals surface area contributed by atoms with Crippen molar-refractivity contribution in [3.05, 3.63) is 65.7 Å². The molecule has 1 aromatic heterocycles. The van der Waals surface area contributed by atoms with E-state index >= 15 is 0 Å². The van der Waals surface area contributed by atoms with Gasteiger partial charge in [0.2, 0.25) is 17.8 Å². The van der Waals surface area contributed by atoms with Gasteiger partial charge in [0.05, 0.1) is 11.5 Å². The van der Waals surface area contributed by atoms with Gasteiger partial charge in [0.1, 0.15) is 11.6 Å². The lowest BCUT2D eigenvalue weighted by Gasteiger charge is -2.08. The van der Waals surface area contributed by atoms with Crippen molar-refractivity contribution in [3.63, 3.8) is 0 Å². The second-order valence-corrected chi connectivity index (χ2v) is 6.72. The minimum absolute atomic E-state index is 0.00792. The normalized spacial score (nSPS) is 10.6. The highest BCUT2D eigenvalue weighted by Crippen LogP contribution is 2.17. The summed E-state index contributed by atoms with van der Waals surface area (Å²) >= 11 is 1.20. The Balaban J connectivity index is 1.54. The zero-order valence-electron chi connectivity index (χ0n) is 14.8. The number of anilines is 4. The average molecular weight is 420 g/mol. The molecule has 1 amide bonds. The molecule has 0 aliphatic carbocycles. The third kappa shape index (κ3) is 6.07. The first-order chi connectivity index (χ1) is 13.9. The number of rotatable bonds is 7. The zero-order valence-corrected chi connectivity index (χ0v) is 15.6.